The highest BCUT2D eigenvalue weighted by Gasteiger charge is 2.86. The van der Waals surface area contributed by atoms with Crippen molar-refractivity contribution in [2.24, 2.45) is 47.3 Å². The molecule has 8 aliphatic carbocycles. The van der Waals surface area contributed by atoms with Crippen LogP contribution in [0.1, 0.15) is 103 Å². The molecule has 0 aromatic heterocycles. The van der Waals surface area contributed by atoms with Crippen molar-refractivity contribution in [3.05, 3.63) is 77.9 Å². The van der Waals surface area contributed by atoms with E-state index >= 15 is 17.6 Å². The molecule has 6 atom stereocenters. The second-order valence-electron chi connectivity index (χ2n) is 20.7. The van der Waals surface area contributed by atoms with Gasteiger partial charge in [-0.3, -0.25) is 9.59 Å². The van der Waals surface area contributed by atoms with Crippen LogP contribution in [0.4, 0.5) is 39.5 Å². The van der Waals surface area contributed by atoms with Crippen LogP contribution in [0, 0.1) is 47.3 Å². The fourth-order valence-corrected chi connectivity index (χ4v) is 19.7. The van der Waals surface area contributed by atoms with Gasteiger partial charge in [0.05, 0.1) is 9.79 Å². The van der Waals surface area contributed by atoms with Crippen LogP contribution in [-0.4, -0.2) is 57.2 Å². The summed E-state index contributed by atoms with van der Waals surface area (Å²) in [7, 11) is -12.6. The highest BCUT2D eigenvalue weighted by Crippen LogP contribution is 2.78. The predicted molar refractivity (Wildman–Crippen MR) is 236 cm³/mol. The van der Waals surface area contributed by atoms with Crippen LogP contribution in [0.15, 0.2) is 81.4 Å². The van der Waals surface area contributed by atoms with Gasteiger partial charge in [0.1, 0.15) is 11.5 Å². The third-order valence-electron chi connectivity index (χ3n) is 16.9. The molecule has 0 amide bonds. The number of benzene rings is 3. The number of alkyl halides is 9. The van der Waals surface area contributed by atoms with E-state index in [0.29, 0.717) is 36.8 Å². The third kappa shape index (κ3) is 7.79. The summed E-state index contributed by atoms with van der Waals surface area (Å²) in [6.07, 6.45) is 0.562. The lowest BCUT2D eigenvalue weighted by Crippen LogP contribution is -2.63. The Labute approximate surface area is 402 Å². The number of ether oxygens (including phenoxy) is 4. The molecule has 70 heavy (non-hydrogen) atoms. The maximum absolute atomic E-state index is 16.5. The van der Waals surface area contributed by atoms with Gasteiger partial charge in [-0.2, -0.15) is 47.9 Å². The molecule has 11 rings (SSSR count). The van der Waals surface area contributed by atoms with Gasteiger partial charge in [-0.25, -0.2) is 3.63 Å². The SMILES string of the molecule is CC(=O)OCOc1c(C23CC4CC(CC(C4)C2C)C3)cccc1S(OS(=O)(=O)C(F)(F)C(F)(F)C(F)(F)C(F)(F)F)(c1ccccc1)c1cccc(C23CC4CC(CC(C4)C2C)C3)c1OCOC(C)=O. The Kier molecular flexibility index (Phi) is 12.7. The normalized spacial score (nSPS) is 31.7. The van der Waals surface area contributed by atoms with E-state index in [4.69, 9.17) is 22.6 Å². The van der Waals surface area contributed by atoms with Gasteiger partial charge in [-0.15, -0.1) is 0 Å². The van der Waals surface area contributed by atoms with Gasteiger partial charge in [0, 0.05) is 40.7 Å². The molecule has 8 fully saturated rings. The molecule has 20 heteroatoms. The molecule has 0 N–H and O–H groups in total. The maximum Gasteiger partial charge on any atom is 0.460 e. The number of carbonyl (C=O) groups is 2. The van der Waals surface area contributed by atoms with Gasteiger partial charge in [0.2, 0.25) is 13.6 Å². The summed E-state index contributed by atoms with van der Waals surface area (Å²) in [6.45, 7) is 4.56. The van der Waals surface area contributed by atoms with Crippen molar-refractivity contribution in [1.82, 2.24) is 0 Å². The lowest BCUT2D eigenvalue weighted by Gasteiger charge is -2.61. The zero-order valence-electron chi connectivity index (χ0n) is 38.8. The average Bonchev–Trinajstić information content (AvgIpc) is 3.28. The van der Waals surface area contributed by atoms with Crippen LogP contribution in [0.2, 0.25) is 0 Å². The van der Waals surface area contributed by atoms with Crippen LogP contribution >= 0.6 is 10.3 Å². The molecule has 0 spiro atoms. The second-order valence-corrected chi connectivity index (χ2v) is 25.1. The molecule has 0 heterocycles. The fourth-order valence-electron chi connectivity index (χ4n) is 14.2. The Balaban J connectivity index is 1.39. The number of hydrogen-bond donors (Lipinski definition) is 0. The van der Waals surface area contributed by atoms with E-state index in [2.05, 4.69) is 13.8 Å². The summed E-state index contributed by atoms with van der Waals surface area (Å²) in [6, 6.07) is 15.3. The fraction of sp³-hybridized carbons (Fsp3) is 0.600. The Bertz CT molecular complexity index is 2480. The van der Waals surface area contributed by atoms with Gasteiger partial charge in [0.15, 0.2) is 0 Å². The monoisotopic (exact) mass is 1030 g/mol. The van der Waals surface area contributed by atoms with Crippen LogP contribution < -0.4 is 9.47 Å². The van der Waals surface area contributed by atoms with E-state index in [1.54, 1.807) is 12.1 Å². The van der Waals surface area contributed by atoms with Crippen LogP contribution in [0.3, 0.4) is 0 Å². The van der Waals surface area contributed by atoms with Gasteiger partial charge >= 0.3 is 45.3 Å². The van der Waals surface area contributed by atoms with Crippen molar-refractivity contribution < 1.29 is 80.1 Å². The summed E-state index contributed by atoms with van der Waals surface area (Å²) in [5.74, 6) is -16.2. The Morgan fingerprint density at radius 2 is 0.971 bits per heavy atom. The summed E-state index contributed by atoms with van der Waals surface area (Å²) < 4.78 is 193. The molecule has 0 saturated heterocycles. The summed E-state index contributed by atoms with van der Waals surface area (Å²) in [5, 5.41) is -7.29. The first kappa shape index (κ1) is 50.8. The lowest BCUT2D eigenvalue weighted by atomic mass is 9.44. The van der Waals surface area contributed by atoms with E-state index in [1.807, 2.05) is 0 Å². The highest BCUT2D eigenvalue weighted by molar-refractivity contribution is 8.33. The average molecular weight is 1040 g/mol. The molecule has 6 unspecified atom stereocenters. The molecule has 384 valence electrons. The third-order valence-corrected chi connectivity index (χ3v) is 22.2. The van der Waals surface area contributed by atoms with Crippen LogP contribution in [0.5, 0.6) is 11.5 Å². The van der Waals surface area contributed by atoms with Gasteiger partial charge in [-0.05, 0) is 146 Å². The molecule has 3 aromatic carbocycles. The number of rotatable bonds is 16. The Morgan fingerprint density at radius 3 is 1.34 bits per heavy atom. The molecular weight excluding hydrogens is 980 g/mol. The summed E-state index contributed by atoms with van der Waals surface area (Å²) in [4.78, 5) is 23.5. The molecule has 3 aromatic rings. The minimum atomic E-state index is -7.71. The lowest BCUT2D eigenvalue weighted by molar-refractivity contribution is -0.382. The van der Waals surface area contributed by atoms with Gasteiger partial charge in [0.25, 0.3) is 0 Å². The first-order valence-electron chi connectivity index (χ1n) is 23.6. The van der Waals surface area contributed by atoms with Crippen molar-refractivity contribution in [1.29, 1.82) is 0 Å². The number of halogens is 9. The zero-order valence-corrected chi connectivity index (χ0v) is 40.5. The molecule has 0 radical (unpaired) electrons. The Hall–Kier alpha value is -4.17. The van der Waals surface area contributed by atoms with Gasteiger partial charge in [-0.1, -0.05) is 56.3 Å². The Morgan fingerprint density at radius 1 is 0.571 bits per heavy atom. The van der Waals surface area contributed by atoms with Crippen molar-refractivity contribution in [2.45, 2.75) is 141 Å². The smallest absolute Gasteiger partial charge is 0.456 e. The minimum Gasteiger partial charge on any atom is -0.456 e. The zero-order chi connectivity index (χ0) is 50.6. The quantitative estimate of drug-likeness (QED) is 0.0786. The number of para-hydroxylation sites is 2. The standard InChI is InChI=1S/C50H55F9O9S2/c1-28-36-18-32-16-33(19-36)23-45(28,22-32)39-12-8-14-41(43(39)66-26-64-30(3)60)69(38-10-6-5-7-11-38,68-70(62,63)50(58,59)48(53,54)47(51,52)49(55,56)57)42-15-9-13-40(44(42)67-27-65-31(4)61)46-24-34-17-35(25-46)21-37(20-34)29(46)2/h5-15,28-29,32-37H,16-27H2,1-4H3. The molecular formula is C50H55F9O9S2. The van der Waals surface area contributed by atoms with Crippen molar-refractivity contribution in [3.8, 4) is 11.5 Å². The van der Waals surface area contributed by atoms with E-state index < -0.39 is 89.8 Å². The number of carbonyl (C=O) groups excluding carboxylic acids is 2. The van der Waals surface area contributed by atoms with Crippen molar-refractivity contribution in [3.63, 3.8) is 0 Å². The maximum atomic E-state index is 16.5. The topological polar surface area (TPSA) is 114 Å². The molecule has 8 saturated carbocycles. The summed E-state index contributed by atoms with van der Waals surface area (Å²) >= 11 is 0. The van der Waals surface area contributed by atoms with Crippen LogP contribution in [0.25, 0.3) is 0 Å². The minimum absolute atomic E-state index is 0.0754. The second kappa shape index (κ2) is 17.5. The predicted octanol–water partition coefficient (Wildman–Crippen LogP) is 12.9. The largest absolute Gasteiger partial charge is 0.460 e. The van der Waals surface area contributed by atoms with Crippen molar-refractivity contribution >= 4 is 32.4 Å². The first-order chi connectivity index (χ1) is 32.7. The van der Waals surface area contributed by atoms with E-state index in [0.717, 1.165) is 52.4 Å². The van der Waals surface area contributed by atoms with E-state index in [9.17, 15) is 40.0 Å². The van der Waals surface area contributed by atoms with Gasteiger partial charge < -0.3 is 18.9 Å². The summed E-state index contributed by atoms with van der Waals surface area (Å²) in [5.41, 5.74) is -0.694. The van der Waals surface area contributed by atoms with Crippen LogP contribution in [-0.2, 0) is 43.6 Å². The van der Waals surface area contributed by atoms with Crippen molar-refractivity contribution in [2.75, 3.05) is 13.6 Å². The molecule has 9 nitrogen and oxygen atoms in total. The molecule has 0 aliphatic heterocycles. The van der Waals surface area contributed by atoms with E-state index in [-0.39, 0.29) is 63.7 Å². The molecule has 8 aliphatic rings. The van der Waals surface area contributed by atoms with E-state index in [1.165, 1.54) is 54.6 Å². The molecule has 8 bridgehead atoms. The first-order valence-corrected chi connectivity index (χ1v) is 26.5. The number of esters is 2. The number of hydrogen-bond acceptors (Lipinski definition) is 9. The highest BCUT2D eigenvalue weighted by atomic mass is 32.3.